The Bertz CT molecular complexity index is 1160. The Balaban J connectivity index is 2.31. The van der Waals surface area contributed by atoms with Crippen molar-refractivity contribution in [3.8, 4) is 11.5 Å². The Kier molecular flexibility index (Phi) is 14.6. The van der Waals surface area contributed by atoms with Gasteiger partial charge >= 0.3 is 5.97 Å². The van der Waals surface area contributed by atoms with Crippen LogP contribution in [0.3, 0.4) is 0 Å². The summed E-state index contributed by atoms with van der Waals surface area (Å²) < 4.78 is 0. The highest BCUT2D eigenvalue weighted by atomic mass is 32.2. The maximum Gasteiger partial charge on any atom is 0.326 e. The molecule has 0 radical (unpaired) electrons. The van der Waals surface area contributed by atoms with E-state index in [1.807, 2.05) is 6.26 Å². The highest BCUT2D eigenvalue weighted by Gasteiger charge is 2.30. The van der Waals surface area contributed by atoms with E-state index < -0.39 is 47.9 Å². The third kappa shape index (κ3) is 12.0. The number of hydrogen-bond donors (Lipinski definition) is 8. The molecule has 13 heteroatoms. The summed E-state index contributed by atoms with van der Waals surface area (Å²) in [6.07, 6.45) is 3.54. The van der Waals surface area contributed by atoms with E-state index in [0.717, 1.165) is 0 Å². The van der Waals surface area contributed by atoms with Crippen LogP contribution >= 0.6 is 11.8 Å². The topological polar surface area (TPSA) is 217 Å². The number of nitrogens with one attached hydrogen (secondary N) is 3. The van der Waals surface area contributed by atoms with Crippen molar-refractivity contribution in [1.29, 1.82) is 0 Å². The van der Waals surface area contributed by atoms with Gasteiger partial charge in [-0.15, -0.1) is 0 Å². The van der Waals surface area contributed by atoms with Crippen molar-refractivity contribution >= 4 is 35.5 Å². The summed E-state index contributed by atoms with van der Waals surface area (Å²) in [5.74, 6) is -2.45. The number of carboxylic acids is 1. The largest absolute Gasteiger partial charge is 0.508 e. The van der Waals surface area contributed by atoms with Crippen molar-refractivity contribution in [3.05, 3.63) is 59.7 Å². The molecule has 0 aromatic heterocycles. The standard InChI is InChI=1S/C29H41N5O7S/c1-42-15-13-22(31)26(37)33-24(16-18-5-9-20(35)10-6-18)28(39)34-25(17-19-7-11-21(36)12-8-19)27(38)32-23(29(40)41)4-2-3-14-30/h5-12,22-25,35-36H,2-4,13-17,30-31H2,1H3,(H,32,38)(H,33,37)(H,34,39)(H,40,41). The number of carbonyl (C=O) groups is 4. The molecule has 3 amide bonds. The number of amides is 3. The van der Waals surface area contributed by atoms with Gasteiger partial charge in [0.05, 0.1) is 6.04 Å². The predicted octanol–water partition coefficient (Wildman–Crippen LogP) is 0.631. The van der Waals surface area contributed by atoms with Gasteiger partial charge in [0.15, 0.2) is 0 Å². The van der Waals surface area contributed by atoms with Crippen LogP contribution in [0.1, 0.15) is 36.8 Å². The number of carbonyl (C=O) groups excluding carboxylic acids is 3. The van der Waals surface area contributed by atoms with Crippen LogP contribution in [0.25, 0.3) is 0 Å². The van der Waals surface area contributed by atoms with Crippen LogP contribution < -0.4 is 27.4 Å². The molecule has 0 spiro atoms. The van der Waals surface area contributed by atoms with Crippen LogP contribution in [-0.2, 0) is 32.0 Å². The third-order valence-electron chi connectivity index (χ3n) is 6.55. The van der Waals surface area contributed by atoms with Crippen LogP contribution in [0.5, 0.6) is 11.5 Å². The molecule has 0 saturated heterocycles. The molecule has 0 heterocycles. The maximum absolute atomic E-state index is 13.6. The van der Waals surface area contributed by atoms with Gasteiger partial charge in [0, 0.05) is 12.8 Å². The molecular formula is C29H41N5O7S. The lowest BCUT2D eigenvalue weighted by Crippen LogP contribution is -2.58. The summed E-state index contributed by atoms with van der Waals surface area (Å²) >= 11 is 1.53. The van der Waals surface area contributed by atoms with E-state index in [-0.39, 0.29) is 30.8 Å². The van der Waals surface area contributed by atoms with Crippen LogP contribution in [0.4, 0.5) is 0 Å². The Morgan fingerprint density at radius 2 is 1.19 bits per heavy atom. The molecule has 2 aromatic carbocycles. The van der Waals surface area contributed by atoms with Gasteiger partial charge in [-0.2, -0.15) is 11.8 Å². The van der Waals surface area contributed by atoms with Crippen molar-refractivity contribution in [2.75, 3.05) is 18.6 Å². The Morgan fingerprint density at radius 1 is 0.738 bits per heavy atom. The number of thioether (sulfide) groups is 1. The molecule has 230 valence electrons. The minimum atomic E-state index is -1.22. The average molecular weight is 604 g/mol. The van der Waals surface area contributed by atoms with Crippen LogP contribution in [0, 0.1) is 0 Å². The number of rotatable bonds is 18. The van der Waals surface area contributed by atoms with E-state index in [1.165, 1.54) is 36.0 Å². The number of phenolic OH excluding ortho intramolecular Hbond substituents is 2. The molecule has 0 aliphatic carbocycles. The molecule has 0 fully saturated rings. The lowest BCUT2D eigenvalue weighted by atomic mass is 10.0. The second-order valence-corrected chi connectivity index (χ2v) is 10.9. The highest BCUT2D eigenvalue weighted by Crippen LogP contribution is 2.14. The maximum atomic E-state index is 13.6. The predicted molar refractivity (Wildman–Crippen MR) is 161 cm³/mol. The summed E-state index contributed by atoms with van der Waals surface area (Å²) in [6, 6.07) is 7.77. The first kappa shape index (κ1) is 34.4. The summed E-state index contributed by atoms with van der Waals surface area (Å²) in [7, 11) is 0. The molecule has 0 aliphatic heterocycles. The zero-order chi connectivity index (χ0) is 31.1. The van der Waals surface area contributed by atoms with Gasteiger partial charge in [-0.1, -0.05) is 24.3 Å². The fourth-order valence-electron chi connectivity index (χ4n) is 4.10. The second kappa shape index (κ2) is 17.9. The monoisotopic (exact) mass is 603 g/mol. The fourth-order valence-corrected chi connectivity index (χ4v) is 4.59. The summed E-state index contributed by atoms with van der Waals surface area (Å²) in [5, 5.41) is 36.8. The molecular weight excluding hydrogens is 562 g/mol. The second-order valence-electron chi connectivity index (χ2n) is 9.94. The first-order valence-electron chi connectivity index (χ1n) is 13.7. The number of nitrogens with two attached hydrogens (primary N) is 2. The molecule has 0 saturated carbocycles. The third-order valence-corrected chi connectivity index (χ3v) is 7.19. The van der Waals surface area contributed by atoms with E-state index in [9.17, 15) is 34.5 Å². The first-order valence-corrected chi connectivity index (χ1v) is 15.1. The zero-order valence-electron chi connectivity index (χ0n) is 23.6. The van der Waals surface area contributed by atoms with E-state index in [1.54, 1.807) is 24.3 Å². The zero-order valence-corrected chi connectivity index (χ0v) is 24.4. The fraction of sp³-hybridized carbons (Fsp3) is 0.448. The summed E-state index contributed by atoms with van der Waals surface area (Å²) in [4.78, 5) is 51.6. The van der Waals surface area contributed by atoms with Gasteiger partial charge in [0.1, 0.15) is 29.6 Å². The number of hydrogen-bond acceptors (Lipinski definition) is 9. The minimum Gasteiger partial charge on any atom is -0.508 e. The van der Waals surface area contributed by atoms with Crippen LogP contribution in [-0.4, -0.2) is 81.7 Å². The van der Waals surface area contributed by atoms with Gasteiger partial charge in [-0.05, 0) is 79.6 Å². The van der Waals surface area contributed by atoms with Crippen molar-refractivity contribution in [1.82, 2.24) is 16.0 Å². The SMILES string of the molecule is CSCCC(N)C(=O)NC(Cc1ccc(O)cc1)C(=O)NC(Cc1ccc(O)cc1)C(=O)NC(CCCCN)C(=O)O. The molecule has 10 N–H and O–H groups in total. The van der Waals surface area contributed by atoms with E-state index in [0.29, 0.717) is 42.7 Å². The van der Waals surface area contributed by atoms with Crippen molar-refractivity contribution in [3.63, 3.8) is 0 Å². The Morgan fingerprint density at radius 3 is 1.62 bits per heavy atom. The molecule has 4 unspecified atom stereocenters. The van der Waals surface area contributed by atoms with Gasteiger partial charge in [0.25, 0.3) is 0 Å². The molecule has 0 bridgehead atoms. The van der Waals surface area contributed by atoms with Gasteiger partial charge in [-0.25, -0.2) is 4.79 Å². The van der Waals surface area contributed by atoms with Crippen molar-refractivity contribution < 1.29 is 34.5 Å². The van der Waals surface area contributed by atoms with Gasteiger partial charge in [-0.3, -0.25) is 14.4 Å². The van der Waals surface area contributed by atoms with Crippen LogP contribution in [0.2, 0.25) is 0 Å². The Labute approximate surface area is 249 Å². The summed E-state index contributed by atoms with van der Waals surface area (Å²) in [6.45, 7) is 0.384. The number of carboxylic acid groups (broad SMARTS) is 1. The Hall–Kier alpha value is -3.81. The van der Waals surface area contributed by atoms with E-state index >= 15 is 0 Å². The van der Waals surface area contributed by atoms with Crippen molar-refractivity contribution in [2.45, 2.75) is 62.7 Å². The lowest BCUT2D eigenvalue weighted by Gasteiger charge is -2.25. The highest BCUT2D eigenvalue weighted by molar-refractivity contribution is 7.98. The number of phenols is 2. The first-order chi connectivity index (χ1) is 20.0. The minimum absolute atomic E-state index is 0.0138. The number of benzene rings is 2. The summed E-state index contributed by atoms with van der Waals surface area (Å²) in [5.41, 5.74) is 12.8. The van der Waals surface area contributed by atoms with Crippen molar-refractivity contribution in [2.24, 2.45) is 11.5 Å². The number of unbranched alkanes of at least 4 members (excludes halogenated alkanes) is 1. The molecule has 0 aliphatic rings. The number of aromatic hydroxyl groups is 2. The quantitative estimate of drug-likeness (QED) is 0.111. The van der Waals surface area contributed by atoms with Gasteiger partial charge < -0.3 is 42.7 Å². The molecule has 42 heavy (non-hydrogen) atoms. The smallest absolute Gasteiger partial charge is 0.326 e. The molecule has 2 aromatic rings. The number of aliphatic carboxylic acids is 1. The van der Waals surface area contributed by atoms with Crippen LogP contribution in [0.15, 0.2) is 48.5 Å². The van der Waals surface area contributed by atoms with E-state index in [4.69, 9.17) is 11.5 Å². The normalized spacial score (nSPS) is 13.8. The van der Waals surface area contributed by atoms with Gasteiger partial charge in [0.2, 0.25) is 17.7 Å². The lowest BCUT2D eigenvalue weighted by molar-refractivity contribution is -0.142. The molecule has 2 rings (SSSR count). The molecule has 12 nitrogen and oxygen atoms in total. The van der Waals surface area contributed by atoms with E-state index in [2.05, 4.69) is 16.0 Å². The average Bonchev–Trinajstić information content (AvgIpc) is 2.96. The molecule has 4 atom stereocenters.